The van der Waals surface area contributed by atoms with Gasteiger partial charge in [-0.15, -0.1) is 0 Å². The molecule has 0 spiro atoms. The quantitative estimate of drug-likeness (QED) is 0.803. The van der Waals surface area contributed by atoms with E-state index >= 15 is 0 Å². The van der Waals surface area contributed by atoms with Crippen LogP contribution < -0.4 is 4.90 Å². The molecule has 150 valence electrons. The zero-order valence-electron chi connectivity index (χ0n) is 16.7. The van der Waals surface area contributed by atoms with Crippen molar-refractivity contribution in [1.29, 1.82) is 0 Å². The fourth-order valence-corrected chi connectivity index (χ4v) is 4.92. The topological polar surface area (TPSA) is 47.1 Å². The van der Waals surface area contributed by atoms with Crippen LogP contribution in [0.3, 0.4) is 0 Å². The number of nitrogens with zero attached hydrogens (tertiary/aromatic N) is 4. The number of piperazine rings is 1. The van der Waals surface area contributed by atoms with Gasteiger partial charge in [0, 0.05) is 64.0 Å². The number of hydrogen-bond donors (Lipinski definition) is 0. The fraction of sp³-hybridized carbons (Fsp3) is 0.636. The van der Waals surface area contributed by atoms with E-state index in [9.17, 15) is 9.59 Å². The SMILES string of the molecule is CN1CCN(c2ccc([C@@H]3C[C@H]3C(=O)N3CCN(C4CCC4)CC3)cc2)C1=O. The largest absolute Gasteiger partial charge is 0.340 e. The van der Waals surface area contributed by atoms with E-state index in [1.165, 1.54) is 24.8 Å². The molecular formula is C22H30N4O2. The lowest BCUT2D eigenvalue weighted by Gasteiger charge is -2.43. The van der Waals surface area contributed by atoms with Crippen molar-refractivity contribution in [3.8, 4) is 0 Å². The summed E-state index contributed by atoms with van der Waals surface area (Å²) in [4.78, 5) is 33.3. The van der Waals surface area contributed by atoms with Crippen LogP contribution in [0.5, 0.6) is 0 Å². The summed E-state index contributed by atoms with van der Waals surface area (Å²) < 4.78 is 0. The first-order chi connectivity index (χ1) is 13.6. The first-order valence-corrected chi connectivity index (χ1v) is 10.8. The Morgan fingerprint density at radius 3 is 2.25 bits per heavy atom. The minimum absolute atomic E-state index is 0.0632. The minimum Gasteiger partial charge on any atom is -0.340 e. The van der Waals surface area contributed by atoms with E-state index in [4.69, 9.17) is 0 Å². The highest BCUT2D eigenvalue weighted by Gasteiger charge is 2.46. The molecular weight excluding hydrogens is 352 g/mol. The van der Waals surface area contributed by atoms with E-state index < -0.39 is 0 Å². The maximum absolute atomic E-state index is 12.9. The van der Waals surface area contributed by atoms with Crippen LogP contribution >= 0.6 is 0 Å². The lowest BCUT2D eigenvalue weighted by Crippen LogP contribution is -2.53. The molecule has 6 nitrogen and oxygen atoms in total. The predicted octanol–water partition coefficient (Wildman–Crippen LogP) is 2.36. The van der Waals surface area contributed by atoms with Crippen LogP contribution in [-0.2, 0) is 4.79 Å². The smallest absolute Gasteiger partial charge is 0.324 e. The van der Waals surface area contributed by atoms with Gasteiger partial charge in [0.1, 0.15) is 0 Å². The Kier molecular flexibility index (Phi) is 4.54. The Bertz CT molecular complexity index is 752. The van der Waals surface area contributed by atoms with E-state index in [-0.39, 0.29) is 11.9 Å². The summed E-state index contributed by atoms with van der Waals surface area (Å²) >= 11 is 0. The van der Waals surface area contributed by atoms with Crippen molar-refractivity contribution in [1.82, 2.24) is 14.7 Å². The van der Waals surface area contributed by atoms with Gasteiger partial charge in [0.25, 0.3) is 0 Å². The summed E-state index contributed by atoms with van der Waals surface area (Å²) in [5, 5.41) is 0. The summed E-state index contributed by atoms with van der Waals surface area (Å²) in [6, 6.07) is 9.12. The number of rotatable bonds is 4. The van der Waals surface area contributed by atoms with Gasteiger partial charge in [-0.05, 0) is 42.9 Å². The lowest BCUT2D eigenvalue weighted by molar-refractivity contribution is -0.135. The van der Waals surface area contributed by atoms with Crippen molar-refractivity contribution < 1.29 is 9.59 Å². The van der Waals surface area contributed by atoms with Gasteiger partial charge >= 0.3 is 6.03 Å². The fourth-order valence-electron chi connectivity index (χ4n) is 4.92. The molecule has 3 amide bonds. The highest BCUT2D eigenvalue weighted by molar-refractivity contribution is 5.94. The number of anilines is 1. The van der Waals surface area contributed by atoms with E-state index in [0.29, 0.717) is 11.8 Å². The Balaban J connectivity index is 1.16. The second-order valence-electron chi connectivity index (χ2n) is 8.84. The third kappa shape index (κ3) is 3.17. The van der Waals surface area contributed by atoms with Crippen molar-refractivity contribution in [2.24, 2.45) is 5.92 Å². The van der Waals surface area contributed by atoms with Crippen molar-refractivity contribution in [3.05, 3.63) is 29.8 Å². The number of urea groups is 1. The van der Waals surface area contributed by atoms with Crippen LogP contribution in [0.4, 0.5) is 10.5 Å². The van der Waals surface area contributed by atoms with Gasteiger partial charge in [-0.1, -0.05) is 18.6 Å². The zero-order valence-corrected chi connectivity index (χ0v) is 16.7. The summed E-state index contributed by atoms with van der Waals surface area (Å²) in [5.41, 5.74) is 2.18. The van der Waals surface area contributed by atoms with E-state index in [1.807, 2.05) is 24.1 Å². The molecule has 4 fully saturated rings. The van der Waals surface area contributed by atoms with Crippen molar-refractivity contribution in [2.45, 2.75) is 37.6 Å². The minimum atomic E-state index is 0.0632. The molecule has 2 aliphatic carbocycles. The number of likely N-dealkylation sites (N-methyl/N-ethyl adjacent to an activating group) is 1. The average Bonchev–Trinajstić information content (AvgIpc) is 3.41. The third-order valence-electron chi connectivity index (χ3n) is 7.17. The van der Waals surface area contributed by atoms with Crippen LogP contribution in [0.25, 0.3) is 0 Å². The Hall–Kier alpha value is -2.08. The van der Waals surface area contributed by atoms with Gasteiger partial charge < -0.3 is 9.80 Å². The molecule has 2 heterocycles. The van der Waals surface area contributed by atoms with Crippen LogP contribution in [0.15, 0.2) is 24.3 Å². The molecule has 0 unspecified atom stereocenters. The predicted molar refractivity (Wildman–Crippen MR) is 108 cm³/mol. The highest BCUT2D eigenvalue weighted by Crippen LogP contribution is 2.49. The molecule has 2 saturated carbocycles. The highest BCUT2D eigenvalue weighted by atomic mass is 16.2. The summed E-state index contributed by atoms with van der Waals surface area (Å²) in [5.74, 6) is 0.850. The summed E-state index contributed by atoms with van der Waals surface area (Å²) in [7, 11) is 1.84. The molecule has 2 atom stereocenters. The first kappa shape index (κ1) is 18.0. The van der Waals surface area contributed by atoms with Crippen molar-refractivity contribution in [2.75, 3.05) is 51.2 Å². The molecule has 1 aromatic rings. The molecule has 6 heteroatoms. The van der Waals surface area contributed by atoms with Gasteiger partial charge in [-0.25, -0.2) is 4.79 Å². The Morgan fingerprint density at radius 1 is 0.964 bits per heavy atom. The van der Waals surface area contributed by atoms with Crippen LogP contribution in [0, 0.1) is 5.92 Å². The second kappa shape index (κ2) is 7.07. The maximum Gasteiger partial charge on any atom is 0.324 e. The van der Waals surface area contributed by atoms with Crippen LogP contribution in [-0.4, -0.2) is 79.0 Å². The van der Waals surface area contributed by atoms with Gasteiger partial charge in [-0.3, -0.25) is 14.6 Å². The standard InChI is InChI=1S/C22H30N4O2/c1-23-9-14-26(22(23)28)18-7-5-16(6-8-18)19-15-20(19)21(27)25-12-10-24(11-13-25)17-3-2-4-17/h5-8,17,19-20H,2-4,9-15H2,1H3/t19-,20+/m0/s1. The van der Waals surface area contributed by atoms with E-state index in [0.717, 1.165) is 57.4 Å². The molecule has 2 saturated heterocycles. The molecule has 0 N–H and O–H groups in total. The molecule has 0 bridgehead atoms. The lowest BCUT2D eigenvalue weighted by atomic mass is 9.91. The molecule has 0 radical (unpaired) electrons. The number of carbonyl (C=O) groups is 2. The molecule has 2 aliphatic heterocycles. The molecule has 0 aromatic heterocycles. The Morgan fingerprint density at radius 2 is 1.68 bits per heavy atom. The average molecular weight is 383 g/mol. The number of hydrogen-bond acceptors (Lipinski definition) is 3. The molecule has 1 aromatic carbocycles. The van der Waals surface area contributed by atoms with Gasteiger partial charge in [0.05, 0.1) is 0 Å². The van der Waals surface area contributed by atoms with Crippen LogP contribution in [0.1, 0.15) is 37.2 Å². The Labute approximate surface area is 167 Å². The van der Waals surface area contributed by atoms with Gasteiger partial charge in [0.2, 0.25) is 5.91 Å². The monoisotopic (exact) mass is 382 g/mol. The third-order valence-corrected chi connectivity index (χ3v) is 7.17. The van der Waals surface area contributed by atoms with Gasteiger partial charge in [0.15, 0.2) is 0 Å². The molecule has 5 rings (SSSR count). The second-order valence-corrected chi connectivity index (χ2v) is 8.84. The maximum atomic E-state index is 12.9. The van der Waals surface area contributed by atoms with Crippen molar-refractivity contribution >= 4 is 17.6 Å². The first-order valence-electron chi connectivity index (χ1n) is 10.8. The number of amides is 3. The number of carbonyl (C=O) groups excluding carboxylic acids is 2. The van der Waals surface area contributed by atoms with Crippen LogP contribution in [0.2, 0.25) is 0 Å². The van der Waals surface area contributed by atoms with E-state index in [1.54, 1.807) is 4.90 Å². The summed E-state index contributed by atoms with van der Waals surface area (Å²) in [6.07, 6.45) is 5.02. The van der Waals surface area contributed by atoms with Gasteiger partial charge in [-0.2, -0.15) is 0 Å². The molecule has 28 heavy (non-hydrogen) atoms. The zero-order chi connectivity index (χ0) is 19.3. The normalized spacial score (nSPS) is 28.6. The summed E-state index contributed by atoms with van der Waals surface area (Å²) in [6.45, 7) is 5.38. The molecule has 4 aliphatic rings. The van der Waals surface area contributed by atoms with E-state index in [2.05, 4.69) is 21.9 Å². The number of benzene rings is 1. The van der Waals surface area contributed by atoms with Crippen molar-refractivity contribution in [3.63, 3.8) is 0 Å².